The topological polar surface area (TPSA) is 78.9 Å². The largest absolute Gasteiger partial charge is 0.466 e. The molecule has 0 bridgehead atoms. The Bertz CT molecular complexity index is 616. The molecule has 0 saturated heterocycles. The Hall–Kier alpha value is -2.44. The van der Waals surface area contributed by atoms with Crippen molar-refractivity contribution in [3.05, 3.63) is 60.2 Å². The highest BCUT2D eigenvalue weighted by Gasteiger charge is 2.26. The molecule has 1 aliphatic carbocycles. The number of ether oxygens (including phenoxy) is 1. The molecule has 1 aromatic carbocycles. The molecule has 0 aliphatic heterocycles. The maximum Gasteiger partial charge on any atom is 0.307 e. The number of amides is 1. The predicted molar refractivity (Wildman–Crippen MR) is 94.5 cm³/mol. The summed E-state index contributed by atoms with van der Waals surface area (Å²) in [6.45, 7) is 2.00. The molecule has 1 amide bonds. The number of nitrogens with zero attached hydrogens (tertiary/aromatic N) is 1. The first-order valence-electron chi connectivity index (χ1n) is 8.40. The molecule has 134 valence electrons. The molecule has 1 unspecified atom stereocenters. The van der Waals surface area contributed by atoms with Crippen LogP contribution in [0.4, 0.5) is 0 Å². The van der Waals surface area contributed by atoms with E-state index >= 15 is 0 Å². The van der Waals surface area contributed by atoms with Crippen molar-refractivity contribution in [1.29, 1.82) is 0 Å². The molecule has 6 nitrogen and oxygen atoms in total. The predicted octanol–water partition coefficient (Wildman–Crippen LogP) is 1.69. The van der Waals surface area contributed by atoms with Gasteiger partial charge >= 0.3 is 5.97 Å². The fourth-order valence-corrected chi connectivity index (χ4v) is 2.65. The van der Waals surface area contributed by atoms with Gasteiger partial charge in [0.15, 0.2) is 0 Å². The molecule has 0 heterocycles. The van der Waals surface area contributed by atoms with E-state index in [1.165, 1.54) is 5.01 Å². The monoisotopic (exact) mass is 344 g/mol. The lowest BCUT2D eigenvalue weighted by atomic mass is 9.99. The van der Waals surface area contributed by atoms with E-state index < -0.39 is 0 Å². The molecule has 25 heavy (non-hydrogen) atoms. The number of hydrazine groups is 1. The van der Waals surface area contributed by atoms with Crippen molar-refractivity contribution in [1.82, 2.24) is 10.4 Å². The lowest BCUT2D eigenvalue weighted by Gasteiger charge is -2.30. The average Bonchev–Trinajstić information content (AvgIpc) is 3.15. The van der Waals surface area contributed by atoms with Crippen LogP contribution in [0.25, 0.3) is 0 Å². The zero-order valence-corrected chi connectivity index (χ0v) is 14.3. The van der Waals surface area contributed by atoms with Crippen LogP contribution in [0.15, 0.2) is 54.6 Å². The van der Waals surface area contributed by atoms with Crippen LogP contribution >= 0.6 is 0 Å². The van der Waals surface area contributed by atoms with Gasteiger partial charge < -0.3 is 9.84 Å². The maximum atomic E-state index is 12.7. The van der Waals surface area contributed by atoms with Crippen LogP contribution in [0.2, 0.25) is 0 Å². The third-order valence-electron chi connectivity index (χ3n) is 3.85. The summed E-state index contributed by atoms with van der Waals surface area (Å²) >= 11 is 0. The Morgan fingerprint density at radius 3 is 2.52 bits per heavy atom. The molecule has 1 aliphatic rings. The minimum Gasteiger partial charge on any atom is -0.466 e. The first-order valence-corrected chi connectivity index (χ1v) is 8.40. The lowest BCUT2D eigenvalue weighted by molar-refractivity contribution is -0.144. The summed E-state index contributed by atoms with van der Waals surface area (Å²) < 4.78 is 5.04. The molecular weight excluding hydrogens is 320 g/mol. The maximum absolute atomic E-state index is 12.7. The molecule has 0 saturated carbocycles. The Labute approximate surface area is 147 Å². The van der Waals surface area contributed by atoms with Gasteiger partial charge in [-0.3, -0.25) is 14.6 Å². The minimum absolute atomic E-state index is 0.0332. The zero-order valence-electron chi connectivity index (χ0n) is 14.3. The number of allylic oxidation sites excluding steroid dienone is 2. The second-order valence-electron chi connectivity index (χ2n) is 5.64. The summed E-state index contributed by atoms with van der Waals surface area (Å²) in [6, 6.07) is 8.48. The summed E-state index contributed by atoms with van der Waals surface area (Å²) in [5.41, 5.74) is 3.62. The summed E-state index contributed by atoms with van der Waals surface area (Å²) in [5.74, 6) is -0.617. The number of hydrogen-bond acceptors (Lipinski definition) is 5. The van der Waals surface area contributed by atoms with Gasteiger partial charge in [0.25, 0.3) is 5.91 Å². The Morgan fingerprint density at radius 2 is 1.92 bits per heavy atom. The van der Waals surface area contributed by atoms with Crippen LogP contribution < -0.4 is 5.43 Å². The van der Waals surface area contributed by atoms with Crippen LogP contribution in [0.3, 0.4) is 0 Å². The van der Waals surface area contributed by atoms with Crippen molar-refractivity contribution in [3.8, 4) is 0 Å². The van der Waals surface area contributed by atoms with Gasteiger partial charge in [-0.1, -0.05) is 42.5 Å². The fraction of sp³-hybridized carbons (Fsp3) is 0.368. The number of carbonyl (C=O) groups is 2. The number of esters is 1. The Morgan fingerprint density at radius 1 is 1.24 bits per heavy atom. The van der Waals surface area contributed by atoms with Gasteiger partial charge in [0.05, 0.1) is 26.2 Å². The minimum atomic E-state index is -0.340. The van der Waals surface area contributed by atoms with Crippen molar-refractivity contribution in [2.45, 2.75) is 19.4 Å². The number of benzene rings is 1. The zero-order chi connectivity index (χ0) is 18.1. The van der Waals surface area contributed by atoms with Crippen LogP contribution in [-0.2, 0) is 9.53 Å². The SMILES string of the molecule is CCOC(=O)CC(NN(CCO)C(=O)c1ccccc1)C1C=CC=C1. The van der Waals surface area contributed by atoms with Gasteiger partial charge in [-0.05, 0) is 19.1 Å². The second-order valence-corrected chi connectivity index (χ2v) is 5.64. The molecule has 2 rings (SSSR count). The molecule has 1 aromatic rings. The standard InChI is InChI=1S/C19H24N2O4/c1-2-25-18(23)14-17(15-8-6-7-9-15)20-21(12-13-22)19(24)16-10-4-3-5-11-16/h3-11,15,17,20,22H,2,12-14H2,1H3. The van der Waals surface area contributed by atoms with Crippen LogP contribution in [0, 0.1) is 5.92 Å². The van der Waals surface area contributed by atoms with Crippen LogP contribution in [-0.4, -0.2) is 47.8 Å². The summed E-state index contributed by atoms with van der Waals surface area (Å²) in [6.07, 6.45) is 7.85. The molecule has 0 aromatic heterocycles. The third kappa shape index (κ3) is 5.55. The van der Waals surface area contributed by atoms with Gasteiger partial charge in [0.2, 0.25) is 0 Å². The van der Waals surface area contributed by atoms with Crippen molar-refractivity contribution in [2.24, 2.45) is 5.92 Å². The van der Waals surface area contributed by atoms with Crippen molar-refractivity contribution >= 4 is 11.9 Å². The molecular formula is C19H24N2O4. The van der Waals surface area contributed by atoms with Gasteiger partial charge in [0, 0.05) is 17.5 Å². The van der Waals surface area contributed by atoms with E-state index in [0.29, 0.717) is 12.2 Å². The summed E-state index contributed by atoms with van der Waals surface area (Å²) in [5, 5.41) is 10.7. The molecule has 6 heteroatoms. The Balaban J connectivity index is 2.14. The van der Waals surface area contributed by atoms with Gasteiger partial charge in [-0.25, -0.2) is 5.43 Å². The number of nitrogens with one attached hydrogen (secondary N) is 1. The van der Waals surface area contributed by atoms with E-state index in [0.717, 1.165) is 0 Å². The van der Waals surface area contributed by atoms with E-state index in [-0.39, 0.29) is 43.4 Å². The smallest absolute Gasteiger partial charge is 0.307 e. The van der Waals surface area contributed by atoms with Crippen LogP contribution in [0.1, 0.15) is 23.7 Å². The second kappa shape index (κ2) is 9.76. The van der Waals surface area contributed by atoms with E-state index in [2.05, 4.69) is 5.43 Å². The van der Waals surface area contributed by atoms with E-state index in [1.54, 1.807) is 31.2 Å². The first-order chi connectivity index (χ1) is 12.2. The third-order valence-corrected chi connectivity index (χ3v) is 3.85. The Kier molecular flexibility index (Phi) is 7.37. The van der Waals surface area contributed by atoms with E-state index in [4.69, 9.17) is 4.74 Å². The van der Waals surface area contributed by atoms with E-state index in [9.17, 15) is 14.7 Å². The van der Waals surface area contributed by atoms with Gasteiger partial charge in [0.1, 0.15) is 0 Å². The van der Waals surface area contributed by atoms with Gasteiger partial charge in [-0.15, -0.1) is 0 Å². The molecule has 0 spiro atoms. The number of aliphatic hydroxyl groups excluding tert-OH is 1. The van der Waals surface area contributed by atoms with Crippen molar-refractivity contribution in [3.63, 3.8) is 0 Å². The van der Waals surface area contributed by atoms with Gasteiger partial charge in [-0.2, -0.15) is 0 Å². The normalized spacial score (nSPS) is 14.5. The lowest BCUT2D eigenvalue weighted by Crippen LogP contribution is -2.52. The number of hydrogen-bond donors (Lipinski definition) is 2. The molecule has 0 radical (unpaired) electrons. The number of aliphatic hydroxyl groups is 1. The summed E-state index contributed by atoms with van der Waals surface area (Å²) in [7, 11) is 0. The quantitative estimate of drug-likeness (QED) is 0.526. The van der Waals surface area contributed by atoms with Crippen molar-refractivity contribution < 1.29 is 19.4 Å². The molecule has 0 fully saturated rings. The molecule has 2 N–H and O–H groups in total. The number of carbonyl (C=O) groups excluding carboxylic acids is 2. The first kappa shape index (κ1) is 18.9. The fourth-order valence-electron chi connectivity index (χ4n) is 2.65. The highest BCUT2D eigenvalue weighted by atomic mass is 16.5. The highest BCUT2D eigenvalue weighted by Crippen LogP contribution is 2.18. The average molecular weight is 344 g/mol. The van der Waals surface area contributed by atoms with E-state index in [1.807, 2.05) is 30.4 Å². The van der Waals surface area contributed by atoms with Crippen LogP contribution in [0.5, 0.6) is 0 Å². The van der Waals surface area contributed by atoms with Crippen molar-refractivity contribution in [2.75, 3.05) is 19.8 Å². The number of rotatable bonds is 9. The highest BCUT2D eigenvalue weighted by molar-refractivity contribution is 5.93. The summed E-state index contributed by atoms with van der Waals surface area (Å²) in [4.78, 5) is 24.6. The molecule has 1 atom stereocenters.